The highest BCUT2D eigenvalue weighted by Crippen LogP contribution is 2.09. The van der Waals surface area contributed by atoms with E-state index in [0.717, 1.165) is 17.6 Å². The Hall–Kier alpha value is -0.280. The molecule has 0 fully saturated rings. The molecule has 1 aromatic rings. The molecule has 0 radical (unpaired) electrons. The number of hydrogen-bond acceptors (Lipinski definition) is 1. The van der Waals surface area contributed by atoms with Gasteiger partial charge in [0, 0.05) is 22.9 Å². The summed E-state index contributed by atoms with van der Waals surface area (Å²) in [7, 11) is 0. The lowest BCUT2D eigenvalue weighted by Gasteiger charge is -1.98. The molecule has 1 rings (SSSR count). The van der Waals surface area contributed by atoms with Crippen molar-refractivity contribution in [1.82, 2.24) is 10.3 Å². The standard InChI is InChI=1S/C8H13BrN2/c1-2-3-10-6-8-4-7(9)5-11-8/h4-5,10-11H,2-3,6H2,1H3. The van der Waals surface area contributed by atoms with E-state index in [2.05, 4.69) is 39.2 Å². The van der Waals surface area contributed by atoms with Crippen molar-refractivity contribution in [2.75, 3.05) is 6.54 Å². The van der Waals surface area contributed by atoms with E-state index in [4.69, 9.17) is 0 Å². The first-order chi connectivity index (χ1) is 5.33. The fraction of sp³-hybridized carbons (Fsp3) is 0.500. The number of H-pyrrole nitrogens is 1. The van der Waals surface area contributed by atoms with Gasteiger partial charge in [-0.2, -0.15) is 0 Å². The van der Waals surface area contributed by atoms with Crippen molar-refractivity contribution in [1.29, 1.82) is 0 Å². The third-order valence-electron chi connectivity index (χ3n) is 1.45. The van der Waals surface area contributed by atoms with Crippen LogP contribution in [0.25, 0.3) is 0 Å². The number of hydrogen-bond donors (Lipinski definition) is 2. The average molecular weight is 217 g/mol. The fourth-order valence-corrected chi connectivity index (χ4v) is 1.30. The zero-order valence-electron chi connectivity index (χ0n) is 6.65. The highest BCUT2D eigenvalue weighted by Gasteiger charge is 1.93. The van der Waals surface area contributed by atoms with Gasteiger partial charge in [-0.1, -0.05) is 6.92 Å². The molecule has 0 aromatic carbocycles. The van der Waals surface area contributed by atoms with Crippen LogP contribution >= 0.6 is 15.9 Å². The number of aromatic amines is 1. The van der Waals surface area contributed by atoms with Crippen molar-refractivity contribution < 1.29 is 0 Å². The summed E-state index contributed by atoms with van der Waals surface area (Å²) in [6.07, 6.45) is 3.13. The Kier molecular flexibility index (Phi) is 3.66. The number of halogens is 1. The second-order valence-corrected chi connectivity index (χ2v) is 3.44. The van der Waals surface area contributed by atoms with Gasteiger partial charge < -0.3 is 10.3 Å². The van der Waals surface area contributed by atoms with Gasteiger partial charge in [-0.05, 0) is 35.0 Å². The Morgan fingerprint density at radius 3 is 3.00 bits per heavy atom. The van der Waals surface area contributed by atoms with Crippen LogP contribution in [0.1, 0.15) is 19.0 Å². The molecule has 1 heterocycles. The maximum Gasteiger partial charge on any atom is 0.0357 e. The van der Waals surface area contributed by atoms with E-state index in [1.165, 1.54) is 12.1 Å². The zero-order valence-corrected chi connectivity index (χ0v) is 8.24. The normalized spacial score (nSPS) is 10.4. The first-order valence-corrected chi connectivity index (χ1v) is 4.65. The summed E-state index contributed by atoms with van der Waals surface area (Å²) < 4.78 is 1.12. The Balaban J connectivity index is 2.27. The Labute approximate surface area is 75.5 Å². The van der Waals surface area contributed by atoms with Gasteiger partial charge >= 0.3 is 0 Å². The minimum atomic E-state index is 0.930. The third kappa shape index (κ3) is 3.08. The topological polar surface area (TPSA) is 27.8 Å². The summed E-state index contributed by atoms with van der Waals surface area (Å²) in [5.74, 6) is 0. The van der Waals surface area contributed by atoms with Gasteiger partial charge in [-0.3, -0.25) is 0 Å². The molecule has 3 heteroatoms. The minimum Gasteiger partial charge on any atom is -0.363 e. The van der Waals surface area contributed by atoms with Crippen LogP contribution in [0.2, 0.25) is 0 Å². The van der Waals surface area contributed by atoms with E-state index >= 15 is 0 Å². The van der Waals surface area contributed by atoms with Crippen LogP contribution < -0.4 is 5.32 Å². The van der Waals surface area contributed by atoms with Gasteiger partial charge in [-0.15, -0.1) is 0 Å². The maximum atomic E-state index is 3.38. The molecule has 2 N–H and O–H groups in total. The van der Waals surface area contributed by atoms with E-state index < -0.39 is 0 Å². The molecule has 0 saturated carbocycles. The first-order valence-electron chi connectivity index (χ1n) is 3.86. The molecule has 2 nitrogen and oxygen atoms in total. The molecular formula is C8H13BrN2. The minimum absolute atomic E-state index is 0.930. The third-order valence-corrected chi connectivity index (χ3v) is 1.91. The lowest BCUT2D eigenvalue weighted by molar-refractivity contribution is 0.666. The largest absolute Gasteiger partial charge is 0.363 e. The molecule has 0 aliphatic carbocycles. The monoisotopic (exact) mass is 216 g/mol. The highest BCUT2D eigenvalue weighted by atomic mass is 79.9. The van der Waals surface area contributed by atoms with Crippen LogP contribution in [0, 0.1) is 0 Å². The maximum absolute atomic E-state index is 3.38. The van der Waals surface area contributed by atoms with Crippen LogP contribution in [-0.4, -0.2) is 11.5 Å². The Bertz CT molecular complexity index is 208. The van der Waals surface area contributed by atoms with Gasteiger partial charge in [0.25, 0.3) is 0 Å². The molecule has 0 atom stereocenters. The van der Waals surface area contributed by atoms with Crippen molar-refractivity contribution >= 4 is 15.9 Å². The molecule has 11 heavy (non-hydrogen) atoms. The molecule has 0 aliphatic rings. The molecule has 1 aromatic heterocycles. The first kappa shape index (κ1) is 8.81. The summed E-state index contributed by atoms with van der Waals surface area (Å²) in [5, 5.41) is 3.31. The number of nitrogens with one attached hydrogen (secondary N) is 2. The van der Waals surface area contributed by atoms with Crippen molar-refractivity contribution in [3.63, 3.8) is 0 Å². The van der Waals surface area contributed by atoms with Crippen LogP contribution in [0.3, 0.4) is 0 Å². The van der Waals surface area contributed by atoms with Crippen molar-refractivity contribution in [2.24, 2.45) is 0 Å². The van der Waals surface area contributed by atoms with Gasteiger partial charge in [0.2, 0.25) is 0 Å². The van der Waals surface area contributed by atoms with E-state index in [9.17, 15) is 0 Å². The van der Waals surface area contributed by atoms with Crippen LogP contribution in [-0.2, 0) is 6.54 Å². The second kappa shape index (κ2) is 4.57. The van der Waals surface area contributed by atoms with Crippen LogP contribution in [0.4, 0.5) is 0 Å². The van der Waals surface area contributed by atoms with E-state index in [1.807, 2.05) is 6.20 Å². The Morgan fingerprint density at radius 2 is 2.45 bits per heavy atom. The fourth-order valence-electron chi connectivity index (χ4n) is 0.913. The smallest absolute Gasteiger partial charge is 0.0357 e. The summed E-state index contributed by atoms with van der Waals surface area (Å²) in [5.41, 5.74) is 1.23. The summed E-state index contributed by atoms with van der Waals surface area (Å²) in [6.45, 7) is 4.17. The lowest BCUT2D eigenvalue weighted by atomic mass is 10.4. The summed E-state index contributed by atoms with van der Waals surface area (Å²) in [6, 6.07) is 2.09. The second-order valence-electron chi connectivity index (χ2n) is 2.52. The molecule has 0 saturated heterocycles. The zero-order chi connectivity index (χ0) is 8.10. The molecular weight excluding hydrogens is 204 g/mol. The van der Waals surface area contributed by atoms with Crippen molar-refractivity contribution in [2.45, 2.75) is 19.9 Å². The van der Waals surface area contributed by atoms with E-state index in [1.54, 1.807) is 0 Å². The lowest BCUT2D eigenvalue weighted by Crippen LogP contribution is -2.13. The predicted octanol–water partition coefficient (Wildman–Crippen LogP) is 2.28. The number of rotatable bonds is 4. The van der Waals surface area contributed by atoms with Gasteiger partial charge in [0.1, 0.15) is 0 Å². The number of aromatic nitrogens is 1. The molecule has 62 valence electrons. The van der Waals surface area contributed by atoms with Crippen LogP contribution in [0.15, 0.2) is 16.7 Å². The van der Waals surface area contributed by atoms with E-state index in [-0.39, 0.29) is 0 Å². The molecule has 0 unspecified atom stereocenters. The van der Waals surface area contributed by atoms with E-state index in [0.29, 0.717) is 0 Å². The SMILES string of the molecule is CCCNCc1cc(Br)c[nH]1. The summed E-state index contributed by atoms with van der Waals surface area (Å²) >= 11 is 3.38. The van der Waals surface area contributed by atoms with Gasteiger partial charge in [0.15, 0.2) is 0 Å². The highest BCUT2D eigenvalue weighted by molar-refractivity contribution is 9.10. The van der Waals surface area contributed by atoms with Gasteiger partial charge in [0.05, 0.1) is 0 Å². The molecule has 0 amide bonds. The van der Waals surface area contributed by atoms with Gasteiger partial charge in [-0.25, -0.2) is 0 Å². The van der Waals surface area contributed by atoms with Crippen LogP contribution in [0.5, 0.6) is 0 Å². The molecule has 0 spiro atoms. The molecule has 0 bridgehead atoms. The quantitative estimate of drug-likeness (QED) is 0.744. The average Bonchev–Trinajstić information content (AvgIpc) is 2.37. The Morgan fingerprint density at radius 1 is 1.64 bits per heavy atom. The van der Waals surface area contributed by atoms with Crippen molar-refractivity contribution in [3.05, 3.63) is 22.4 Å². The molecule has 0 aliphatic heterocycles. The van der Waals surface area contributed by atoms with Crippen molar-refractivity contribution in [3.8, 4) is 0 Å². The summed E-state index contributed by atoms with van der Waals surface area (Å²) in [4.78, 5) is 3.15. The predicted molar refractivity (Wildman–Crippen MR) is 50.5 cm³/mol.